The predicted molar refractivity (Wildman–Crippen MR) is 107 cm³/mol. The Morgan fingerprint density at radius 3 is 2.52 bits per heavy atom. The van der Waals surface area contributed by atoms with Crippen LogP contribution in [0.15, 0.2) is 59.4 Å². The Bertz CT molecular complexity index is 1030. The monoisotopic (exact) mass is 401 g/mol. The molecule has 0 spiro atoms. The highest BCUT2D eigenvalue weighted by atomic mass is 35.5. The second kappa shape index (κ2) is 8.37. The summed E-state index contributed by atoms with van der Waals surface area (Å²) in [6.45, 7) is 2.11. The van der Waals surface area contributed by atoms with Gasteiger partial charge in [0.25, 0.3) is 5.91 Å². The van der Waals surface area contributed by atoms with Gasteiger partial charge in [0.15, 0.2) is 5.69 Å². The number of nitrogens with one attached hydrogen (secondary N) is 1. The molecule has 3 aromatic rings. The zero-order valence-electron chi connectivity index (χ0n) is 14.6. The number of halogens is 2. The van der Waals surface area contributed by atoms with Crippen LogP contribution >= 0.6 is 23.2 Å². The highest BCUT2D eigenvalue weighted by Gasteiger charge is 2.16. The number of hydrogen-bond donors (Lipinski definition) is 1. The Morgan fingerprint density at radius 2 is 1.81 bits per heavy atom. The molecule has 0 saturated carbocycles. The van der Waals surface area contributed by atoms with Crippen molar-refractivity contribution in [3.05, 3.63) is 91.8 Å². The minimum atomic E-state index is -0.519. The number of aryl methyl sites for hydroxylation is 1. The largest absolute Gasteiger partial charge is 0.350 e. The molecule has 1 N–H and O–H groups in total. The number of benzene rings is 2. The Balaban J connectivity index is 1.78. The number of carbonyl (C=O) groups excluding carboxylic acids is 1. The van der Waals surface area contributed by atoms with E-state index in [0.29, 0.717) is 34.4 Å². The van der Waals surface area contributed by atoms with Gasteiger partial charge in [0.1, 0.15) is 0 Å². The second-order valence-electron chi connectivity index (χ2n) is 5.99. The van der Waals surface area contributed by atoms with E-state index in [2.05, 4.69) is 10.4 Å². The van der Waals surface area contributed by atoms with Crippen LogP contribution in [0.3, 0.4) is 0 Å². The standard InChI is InChI=1S/C20H17Cl2N3O2/c1-13-12-18(26)19(24-25(13)17-5-3-2-4-16(17)22)20(27)23-11-10-14-6-8-15(21)9-7-14/h2-9,12H,10-11H2,1H3,(H,23,27). The number of amides is 1. The second-order valence-corrected chi connectivity index (χ2v) is 6.84. The number of rotatable bonds is 5. The molecular formula is C20H17Cl2N3O2. The van der Waals surface area contributed by atoms with Crippen LogP contribution in [0.2, 0.25) is 10.0 Å². The molecule has 0 atom stereocenters. The van der Waals surface area contributed by atoms with Crippen LogP contribution in [0.4, 0.5) is 0 Å². The predicted octanol–water partition coefficient (Wildman–Crippen LogP) is 3.82. The van der Waals surface area contributed by atoms with Crippen molar-refractivity contribution in [3.63, 3.8) is 0 Å². The summed E-state index contributed by atoms with van der Waals surface area (Å²) >= 11 is 12.1. The number of hydrogen-bond acceptors (Lipinski definition) is 3. The van der Waals surface area contributed by atoms with Gasteiger partial charge in [-0.25, -0.2) is 4.68 Å². The van der Waals surface area contributed by atoms with Gasteiger partial charge in [0.2, 0.25) is 5.43 Å². The highest BCUT2D eigenvalue weighted by Crippen LogP contribution is 2.19. The molecule has 0 bridgehead atoms. The first kappa shape index (κ1) is 19.1. The summed E-state index contributed by atoms with van der Waals surface area (Å²) in [5, 5.41) is 8.10. The summed E-state index contributed by atoms with van der Waals surface area (Å²) in [7, 11) is 0. The molecule has 0 aliphatic rings. The van der Waals surface area contributed by atoms with E-state index in [4.69, 9.17) is 23.2 Å². The van der Waals surface area contributed by atoms with Crippen molar-refractivity contribution in [1.82, 2.24) is 15.1 Å². The van der Waals surface area contributed by atoms with Gasteiger partial charge in [-0.05, 0) is 43.2 Å². The quantitative estimate of drug-likeness (QED) is 0.706. The van der Waals surface area contributed by atoms with Crippen molar-refractivity contribution in [2.45, 2.75) is 13.3 Å². The van der Waals surface area contributed by atoms with E-state index in [1.54, 1.807) is 37.3 Å². The average Bonchev–Trinajstić information content (AvgIpc) is 2.64. The summed E-state index contributed by atoms with van der Waals surface area (Å²) in [5.74, 6) is -0.519. The third-order valence-electron chi connectivity index (χ3n) is 4.02. The van der Waals surface area contributed by atoms with Crippen molar-refractivity contribution < 1.29 is 4.79 Å². The average molecular weight is 402 g/mol. The maximum absolute atomic E-state index is 12.4. The Kier molecular flexibility index (Phi) is 5.94. The van der Waals surface area contributed by atoms with E-state index in [0.717, 1.165) is 5.56 Å². The van der Waals surface area contributed by atoms with Crippen LogP contribution in [-0.2, 0) is 6.42 Å². The molecule has 1 amide bonds. The van der Waals surface area contributed by atoms with Gasteiger partial charge in [0, 0.05) is 23.3 Å². The van der Waals surface area contributed by atoms with Crippen molar-refractivity contribution >= 4 is 29.1 Å². The van der Waals surface area contributed by atoms with Crippen molar-refractivity contribution in [3.8, 4) is 5.69 Å². The van der Waals surface area contributed by atoms with Gasteiger partial charge in [-0.15, -0.1) is 0 Å². The molecule has 7 heteroatoms. The van der Waals surface area contributed by atoms with E-state index in [9.17, 15) is 9.59 Å². The number of carbonyl (C=O) groups is 1. The molecule has 0 saturated heterocycles. The van der Waals surface area contributed by atoms with Gasteiger partial charge in [0.05, 0.1) is 10.7 Å². The molecule has 0 radical (unpaired) electrons. The topological polar surface area (TPSA) is 64.0 Å². The number of nitrogens with zero attached hydrogens (tertiary/aromatic N) is 2. The van der Waals surface area contributed by atoms with Gasteiger partial charge in [-0.3, -0.25) is 9.59 Å². The first-order valence-corrected chi connectivity index (χ1v) is 9.10. The lowest BCUT2D eigenvalue weighted by molar-refractivity contribution is 0.0946. The zero-order valence-corrected chi connectivity index (χ0v) is 16.1. The highest BCUT2D eigenvalue weighted by molar-refractivity contribution is 6.32. The fourth-order valence-electron chi connectivity index (χ4n) is 2.63. The number of para-hydroxylation sites is 1. The molecule has 0 fully saturated rings. The van der Waals surface area contributed by atoms with Gasteiger partial charge >= 0.3 is 0 Å². The van der Waals surface area contributed by atoms with Crippen molar-refractivity contribution in [2.24, 2.45) is 0 Å². The normalized spacial score (nSPS) is 10.6. The summed E-state index contributed by atoms with van der Waals surface area (Å²) in [6, 6.07) is 15.9. The summed E-state index contributed by atoms with van der Waals surface area (Å²) in [4.78, 5) is 24.7. The lowest BCUT2D eigenvalue weighted by atomic mass is 10.1. The smallest absolute Gasteiger partial charge is 0.275 e. The van der Waals surface area contributed by atoms with Crippen LogP contribution in [-0.4, -0.2) is 22.2 Å². The van der Waals surface area contributed by atoms with Crippen LogP contribution in [0.1, 0.15) is 21.7 Å². The number of aromatic nitrogens is 2. The minimum absolute atomic E-state index is 0.170. The molecule has 2 aromatic carbocycles. The Hall–Kier alpha value is -2.63. The Morgan fingerprint density at radius 1 is 1.11 bits per heavy atom. The maximum atomic E-state index is 12.4. The molecule has 0 unspecified atom stereocenters. The van der Waals surface area contributed by atoms with Crippen LogP contribution in [0.25, 0.3) is 5.69 Å². The van der Waals surface area contributed by atoms with E-state index in [1.807, 2.05) is 18.2 Å². The van der Waals surface area contributed by atoms with Crippen molar-refractivity contribution in [2.75, 3.05) is 6.54 Å². The fraction of sp³-hybridized carbons (Fsp3) is 0.150. The third kappa shape index (κ3) is 4.56. The molecule has 5 nitrogen and oxygen atoms in total. The lowest BCUT2D eigenvalue weighted by Gasteiger charge is -2.12. The molecule has 0 aliphatic carbocycles. The van der Waals surface area contributed by atoms with E-state index in [-0.39, 0.29) is 5.69 Å². The molecular weight excluding hydrogens is 385 g/mol. The van der Waals surface area contributed by atoms with E-state index in [1.165, 1.54) is 10.7 Å². The van der Waals surface area contributed by atoms with Crippen molar-refractivity contribution in [1.29, 1.82) is 0 Å². The maximum Gasteiger partial charge on any atom is 0.275 e. The SMILES string of the molecule is Cc1cc(=O)c(C(=O)NCCc2ccc(Cl)cc2)nn1-c1ccccc1Cl. The molecule has 138 valence electrons. The van der Waals surface area contributed by atoms with Crippen LogP contribution in [0, 0.1) is 6.92 Å². The van der Waals surface area contributed by atoms with Crippen LogP contribution < -0.4 is 10.7 Å². The fourth-order valence-corrected chi connectivity index (χ4v) is 2.97. The first-order chi connectivity index (χ1) is 13.0. The summed E-state index contributed by atoms with van der Waals surface area (Å²) < 4.78 is 1.50. The van der Waals surface area contributed by atoms with E-state index < -0.39 is 11.3 Å². The molecule has 27 heavy (non-hydrogen) atoms. The Labute approximate surface area is 166 Å². The molecule has 1 aromatic heterocycles. The third-order valence-corrected chi connectivity index (χ3v) is 4.59. The molecule has 3 rings (SSSR count). The van der Waals surface area contributed by atoms with Gasteiger partial charge in [-0.2, -0.15) is 5.10 Å². The minimum Gasteiger partial charge on any atom is -0.350 e. The first-order valence-electron chi connectivity index (χ1n) is 8.34. The molecule has 1 heterocycles. The summed E-state index contributed by atoms with van der Waals surface area (Å²) in [5.41, 5.74) is 1.62. The van der Waals surface area contributed by atoms with Gasteiger partial charge < -0.3 is 5.32 Å². The van der Waals surface area contributed by atoms with E-state index >= 15 is 0 Å². The molecule has 0 aliphatic heterocycles. The summed E-state index contributed by atoms with van der Waals surface area (Å²) in [6.07, 6.45) is 0.619. The zero-order chi connectivity index (χ0) is 19.4. The lowest BCUT2D eigenvalue weighted by Crippen LogP contribution is -2.33. The van der Waals surface area contributed by atoms with Gasteiger partial charge in [-0.1, -0.05) is 47.5 Å². The van der Waals surface area contributed by atoms with Crippen LogP contribution in [0.5, 0.6) is 0 Å².